The molecule has 0 aromatic heterocycles. The van der Waals surface area contributed by atoms with Gasteiger partial charge in [-0.1, -0.05) is 18.3 Å². The highest BCUT2D eigenvalue weighted by atomic mass is 32.1. The Bertz CT molecular complexity index is 467. The highest BCUT2D eigenvalue weighted by Gasteiger charge is 2.20. The smallest absolute Gasteiger partial charge is 0.123 e. The maximum atomic E-state index is 13.3. The lowest BCUT2D eigenvalue weighted by atomic mass is 10.0. The van der Waals surface area contributed by atoms with Crippen LogP contribution in [-0.2, 0) is 11.3 Å². The Morgan fingerprint density at radius 2 is 2.37 bits per heavy atom. The summed E-state index contributed by atoms with van der Waals surface area (Å²) in [5.41, 5.74) is 7.27. The van der Waals surface area contributed by atoms with Gasteiger partial charge in [-0.3, -0.25) is 4.90 Å². The molecule has 1 aliphatic rings. The van der Waals surface area contributed by atoms with Crippen molar-refractivity contribution in [1.29, 1.82) is 0 Å². The SMILES string of the molecule is COC1CCCN(Cc2ccc(F)cc2C(N)=S)C1. The molecule has 1 unspecified atom stereocenters. The number of halogens is 1. The molecule has 1 saturated heterocycles. The van der Waals surface area contributed by atoms with E-state index in [-0.39, 0.29) is 16.9 Å². The Balaban J connectivity index is 2.12. The fourth-order valence-electron chi connectivity index (χ4n) is 2.51. The summed E-state index contributed by atoms with van der Waals surface area (Å²) in [5, 5.41) is 0. The van der Waals surface area contributed by atoms with E-state index in [1.807, 2.05) is 0 Å². The number of likely N-dealkylation sites (tertiary alicyclic amines) is 1. The fraction of sp³-hybridized carbons (Fsp3) is 0.500. The molecule has 0 bridgehead atoms. The van der Waals surface area contributed by atoms with Crippen LogP contribution >= 0.6 is 12.2 Å². The molecule has 0 amide bonds. The number of thiocarbonyl (C=S) groups is 1. The van der Waals surface area contributed by atoms with Gasteiger partial charge in [0.05, 0.1) is 6.10 Å². The van der Waals surface area contributed by atoms with Crippen LogP contribution in [0.5, 0.6) is 0 Å². The van der Waals surface area contributed by atoms with Crippen molar-refractivity contribution in [2.45, 2.75) is 25.5 Å². The van der Waals surface area contributed by atoms with Crippen LogP contribution in [0.2, 0.25) is 0 Å². The molecule has 2 rings (SSSR count). The highest BCUT2D eigenvalue weighted by molar-refractivity contribution is 7.80. The Labute approximate surface area is 118 Å². The van der Waals surface area contributed by atoms with E-state index in [0.29, 0.717) is 5.56 Å². The predicted molar refractivity (Wildman–Crippen MR) is 77.6 cm³/mol. The molecule has 0 radical (unpaired) electrons. The first-order valence-corrected chi connectivity index (χ1v) is 6.84. The summed E-state index contributed by atoms with van der Waals surface area (Å²) in [6.07, 6.45) is 2.49. The predicted octanol–water partition coefficient (Wildman–Crippen LogP) is 2.07. The average molecular weight is 282 g/mol. The van der Waals surface area contributed by atoms with Crippen molar-refractivity contribution in [3.63, 3.8) is 0 Å². The molecule has 0 saturated carbocycles. The zero-order chi connectivity index (χ0) is 13.8. The van der Waals surface area contributed by atoms with Crippen molar-refractivity contribution < 1.29 is 9.13 Å². The molecule has 19 heavy (non-hydrogen) atoms. The Morgan fingerprint density at radius 3 is 3.05 bits per heavy atom. The van der Waals surface area contributed by atoms with Gasteiger partial charge in [0.15, 0.2) is 0 Å². The summed E-state index contributed by atoms with van der Waals surface area (Å²) in [6.45, 7) is 2.64. The van der Waals surface area contributed by atoms with Crippen molar-refractivity contribution in [2.75, 3.05) is 20.2 Å². The van der Waals surface area contributed by atoms with Crippen LogP contribution in [-0.4, -0.2) is 36.2 Å². The van der Waals surface area contributed by atoms with Gasteiger partial charge in [-0.25, -0.2) is 4.39 Å². The number of ether oxygens (including phenoxy) is 1. The number of nitrogens with zero attached hydrogens (tertiary/aromatic N) is 1. The molecule has 0 spiro atoms. The van der Waals surface area contributed by atoms with Crippen LogP contribution in [0.4, 0.5) is 4.39 Å². The second kappa shape index (κ2) is 6.41. The monoisotopic (exact) mass is 282 g/mol. The summed E-state index contributed by atoms with van der Waals surface area (Å²) in [6, 6.07) is 4.63. The average Bonchev–Trinajstić information content (AvgIpc) is 2.41. The van der Waals surface area contributed by atoms with Gasteiger partial charge >= 0.3 is 0 Å². The van der Waals surface area contributed by atoms with Crippen molar-refractivity contribution in [3.05, 3.63) is 35.1 Å². The molecule has 1 aliphatic heterocycles. The van der Waals surface area contributed by atoms with Crippen molar-refractivity contribution in [3.8, 4) is 0 Å². The minimum absolute atomic E-state index is 0.245. The lowest BCUT2D eigenvalue weighted by Crippen LogP contribution is -2.39. The van der Waals surface area contributed by atoms with Gasteiger partial charge in [0.2, 0.25) is 0 Å². The van der Waals surface area contributed by atoms with Crippen LogP contribution in [0.3, 0.4) is 0 Å². The molecule has 3 nitrogen and oxygen atoms in total. The molecule has 1 aromatic rings. The van der Waals surface area contributed by atoms with Crippen LogP contribution in [0.15, 0.2) is 18.2 Å². The number of hydrogen-bond acceptors (Lipinski definition) is 3. The van der Waals surface area contributed by atoms with Gasteiger partial charge < -0.3 is 10.5 Å². The highest BCUT2D eigenvalue weighted by Crippen LogP contribution is 2.18. The number of nitrogens with two attached hydrogens (primary N) is 1. The van der Waals surface area contributed by atoms with Crippen LogP contribution < -0.4 is 5.73 Å². The van der Waals surface area contributed by atoms with Crippen LogP contribution in [0.1, 0.15) is 24.0 Å². The number of piperidine rings is 1. The van der Waals surface area contributed by atoms with Gasteiger partial charge in [0.1, 0.15) is 10.8 Å². The van der Waals surface area contributed by atoms with E-state index in [4.69, 9.17) is 22.7 Å². The number of hydrogen-bond donors (Lipinski definition) is 1. The first kappa shape index (κ1) is 14.4. The standard InChI is InChI=1S/C14H19FN2OS/c1-18-12-3-2-6-17(9-12)8-10-4-5-11(15)7-13(10)14(16)19/h4-5,7,12H,2-3,6,8-9H2,1H3,(H2,16,19). The van der Waals surface area contributed by atoms with Gasteiger partial charge in [-0.2, -0.15) is 0 Å². The molecular weight excluding hydrogens is 263 g/mol. The number of methoxy groups -OCH3 is 1. The van der Waals surface area contributed by atoms with Crippen LogP contribution in [0.25, 0.3) is 0 Å². The summed E-state index contributed by atoms with van der Waals surface area (Å²) >= 11 is 4.99. The van der Waals surface area contributed by atoms with Gasteiger partial charge in [-0.05, 0) is 37.1 Å². The largest absolute Gasteiger partial charge is 0.389 e. The lowest BCUT2D eigenvalue weighted by Gasteiger charge is -2.32. The second-order valence-electron chi connectivity index (χ2n) is 4.90. The molecule has 1 aromatic carbocycles. The summed E-state index contributed by atoms with van der Waals surface area (Å²) in [5.74, 6) is -0.306. The maximum Gasteiger partial charge on any atom is 0.123 e. The Kier molecular flexibility index (Phi) is 4.85. The molecule has 0 aliphatic carbocycles. The molecule has 104 valence electrons. The van der Waals surface area contributed by atoms with Gasteiger partial charge in [-0.15, -0.1) is 0 Å². The number of benzene rings is 1. The van der Waals surface area contributed by atoms with E-state index in [1.54, 1.807) is 13.2 Å². The van der Waals surface area contributed by atoms with Crippen molar-refractivity contribution >= 4 is 17.2 Å². The number of rotatable bonds is 4. The lowest BCUT2D eigenvalue weighted by molar-refractivity contribution is 0.0285. The zero-order valence-corrected chi connectivity index (χ0v) is 11.9. The van der Waals surface area contributed by atoms with Crippen molar-refractivity contribution in [1.82, 2.24) is 4.90 Å². The van der Waals surface area contributed by atoms with E-state index in [2.05, 4.69) is 4.90 Å². The quantitative estimate of drug-likeness (QED) is 0.858. The first-order chi connectivity index (χ1) is 9.10. The minimum atomic E-state index is -0.306. The topological polar surface area (TPSA) is 38.5 Å². The van der Waals surface area contributed by atoms with E-state index in [9.17, 15) is 4.39 Å². The third-order valence-corrected chi connectivity index (χ3v) is 3.75. The first-order valence-electron chi connectivity index (χ1n) is 6.43. The molecule has 2 N–H and O–H groups in total. The van der Waals surface area contributed by atoms with E-state index in [1.165, 1.54) is 12.1 Å². The third kappa shape index (κ3) is 3.72. The van der Waals surface area contributed by atoms with E-state index < -0.39 is 0 Å². The maximum absolute atomic E-state index is 13.3. The van der Waals surface area contributed by atoms with E-state index >= 15 is 0 Å². The normalized spacial score (nSPS) is 20.4. The fourth-order valence-corrected chi connectivity index (χ4v) is 2.70. The summed E-state index contributed by atoms with van der Waals surface area (Å²) < 4.78 is 18.7. The molecular formula is C14H19FN2OS. The van der Waals surface area contributed by atoms with E-state index in [0.717, 1.165) is 38.0 Å². The minimum Gasteiger partial charge on any atom is -0.389 e. The molecule has 1 atom stereocenters. The summed E-state index contributed by atoms with van der Waals surface area (Å²) in [7, 11) is 1.74. The third-order valence-electron chi connectivity index (χ3n) is 3.53. The Hall–Kier alpha value is -1.04. The molecule has 1 heterocycles. The van der Waals surface area contributed by atoms with Gasteiger partial charge in [0, 0.05) is 25.8 Å². The molecule has 1 fully saturated rings. The van der Waals surface area contributed by atoms with Crippen LogP contribution in [0, 0.1) is 5.82 Å². The second-order valence-corrected chi connectivity index (χ2v) is 5.34. The van der Waals surface area contributed by atoms with Crippen molar-refractivity contribution in [2.24, 2.45) is 5.73 Å². The molecule has 5 heteroatoms. The zero-order valence-electron chi connectivity index (χ0n) is 11.1. The van der Waals surface area contributed by atoms with Gasteiger partial charge in [0.25, 0.3) is 0 Å². The summed E-state index contributed by atoms with van der Waals surface area (Å²) in [4.78, 5) is 2.54. The Morgan fingerprint density at radius 1 is 1.58 bits per heavy atom.